The first kappa shape index (κ1) is 24.3. The van der Waals surface area contributed by atoms with E-state index in [0.717, 1.165) is 30.3 Å². The molecule has 33 heavy (non-hydrogen) atoms. The van der Waals surface area contributed by atoms with Gasteiger partial charge < -0.3 is 9.67 Å². The molecule has 2 heterocycles. The Hall–Kier alpha value is -1.84. The molecule has 1 fully saturated rings. The number of aromatic carboxylic acids is 1. The van der Waals surface area contributed by atoms with Crippen LogP contribution in [0.25, 0.3) is 16.6 Å². The van der Waals surface area contributed by atoms with Crippen LogP contribution in [0.2, 0.25) is 5.02 Å². The minimum atomic E-state index is -1.33. The molecule has 4 aromatic rings. The van der Waals surface area contributed by atoms with Crippen molar-refractivity contribution in [1.29, 1.82) is 0 Å². The van der Waals surface area contributed by atoms with E-state index in [1.165, 1.54) is 24.3 Å². The number of rotatable bonds is 6. The molecule has 0 atom stereocenters. The topological polar surface area (TPSA) is 60.0 Å². The third kappa shape index (κ3) is 4.23. The van der Waals surface area contributed by atoms with Crippen LogP contribution in [0.4, 0.5) is 8.78 Å². The largest absolute Gasteiger partial charge is 0.478 e. The quantitative estimate of drug-likeness (QED) is 0.326. The van der Waals surface area contributed by atoms with Gasteiger partial charge in [-0.3, -0.25) is 4.68 Å². The minimum absolute atomic E-state index is 0. The van der Waals surface area contributed by atoms with Crippen molar-refractivity contribution < 1.29 is 18.7 Å². The summed E-state index contributed by atoms with van der Waals surface area (Å²) in [6.45, 7) is 2.62. The van der Waals surface area contributed by atoms with Crippen molar-refractivity contribution in [1.82, 2.24) is 14.3 Å². The average molecular weight is 497 g/mol. The average Bonchev–Trinajstić information content (AvgIpc) is 3.40. The summed E-state index contributed by atoms with van der Waals surface area (Å²) in [6.07, 6.45) is 5.37. The van der Waals surface area contributed by atoms with Crippen LogP contribution in [0.3, 0.4) is 0 Å². The third-order valence-corrected chi connectivity index (χ3v) is 7.04. The normalized spacial score (nSPS) is 13.3. The maximum Gasteiger partial charge on any atom is 0.338 e. The van der Waals surface area contributed by atoms with E-state index in [9.17, 15) is 14.3 Å². The maximum atomic E-state index is 15.4. The van der Waals surface area contributed by atoms with Gasteiger partial charge in [0.15, 0.2) is 11.6 Å². The summed E-state index contributed by atoms with van der Waals surface area (Å²) >= 11 is 7.25. The van der Waals surface area contributed by atoms with Crippen LogP contribution in [0, 0.1) is 11.6 Å². The number of fused-ring (bicyclic) bond motifs is 1. The van der Waals surface area contributed by atoms with Gasteiger partial charge in [0, 0.05) is 69.1 Å². The van der Waals surface area contributed by atoms with Gasteiger partial charge in [0.05, 0.1) is 28.0 Å². The molecule has 0 spiro atoms. The molecule has 2 aromatic carbocycles. The van der Waals surface area contributed by atoms with E-state index < -0.39 is 23.2 Å². The van der Waals surface area contributed by atoms with Crippen molar-refractivity contribution in [2.75, 3.05) is 0 Å². The van der Waals surface area contributed by atoms with Crippen molar-refractivity contribution in [2.45, 2.75) is 42.0 Å². The smallest absolute Gasteiger partial charge is 0.338 e. The number of aromatic nitrogens is 3. The van der Waals surface area contributed by atoms with Gasteiger partial charge in [0.25, 0.3) is 0 Å². The first-order valence-corrected chi connectivity index (χ1v) is 11.3. The standard InChI is InChI=1S/C23H18ClF2N3O2S.Na/c1-2-28-11-13(10-27-28)29-20(12-6-7-12)22(15-8-9-16(24)19(26)21(15)29)32-17-5-3-4-14(18(17)25)23(30)31;/h3-5,8-12H,2,6-7H2,1H3,(H,30,31);. The molecule has 5 rings (SSSR count). The summed E-state index contributed by atoms with van der Waals surface area (Å²) < 4.78 is 33.9. The van der Waals surface area contributed by atoms with Gasteiger partial charge in [-0.15, -0.1) is 0 Å². The fourth-order valence-electron chi connectivity index (χ4n) is 3.91. The van der Waals surface area contributed by atoms with Gasteiger partial charge in [-0.1, -0.05) is 29.4 Å². The number of carboxylic acids is 1. The molecule has 0 saturated heterocycles. The molecule has 1 aliphatic carbocycles. The summed E-state index contributed by atoms with van der Waals surface area (Å²) in [7, 11) is 0. The van der Waals surface area contributed by atoms with Crippen molar-refractivity contribution in [3.8, 4) is 5.69 Å². The second-order valence-electron chi connectivity index (χ2n) is 7.66. The molecule has 1 radical (unpaired) electrons. The third-order valence-electron chi connectivity index (χ3n) is 5.58. The van der Waals surface area contributed by atoms with Crippen molar-refractivity contribution >= 4 is 69.8 Å². The van der Waals surface area contributed by atoms with Crippen molar-refractivity contribution in [3.63, 3.8) is 0 Å². The predicted molar refractivity (Wildman–Crippen MR) is 125 cm³/mol. The predicted octanol–water partition coefficient (Wildman–Crippen LogP) is 6.12. The number of hydrogen-bond donors (Lipinski definition) is 1. The molecule has 10 heteroatoms. The Bertz CT molecular complexity index is 1380. The number of hydrogen-bond acceptors (Lipinski definition) is 3. The maximum absolute atomic E-state index is 15.4. The van der Waals surface area contributed by atoms with E-state index in [2.05, 4.69) is 5.10 Å². The molecule has 0 unspecified atom stereocenters. The van der Waals surface area contributed by atoms with E-state index in [4.69, 9.17) is 11.6 Å². The summed E-state index contributed by atoms with van der Waals surface area (Å²) in [4.78, 5) is 12.3. The Kier molecular flexibility index (Phi) is 6.94. The Morgan fingerprint density at radius 1 is 1.24 bits per heavy atom. The monoisotopic (exact) mass is 496 g/mol. The number of carboxylic acid groups (broad SMARTS) is 1. The van der Waals surface area contributed by atoms with Crippen LogP contribution in [-0.2, 0) is 6.54 Å². The molecule has 1 saturated carbocycles. The van der Waals surface area contributed by atoms with Gasteiger partial charge >= 0.3 is 5.97 Å². The van der Waals surface area contributed by atoms with Gasteiger partial charge in [-0.25, -0.2) is 13.6 Å². The van der Waals surface area contributed by atoms with Crippen molar-refractivity contribution in [2.24, 2.45) is 0 Å². The zero-order valence-electron chi connectivity index (χ0n) is 18.0. The Morgan fingerprint density at radius 2 is 2.00 bits per heavy atom. The van der Waals surface area contributed by atoms with Crippen LogP contribution in [0.1, 0.15) is 41.7 Å². The van der Waals surface area contributed by atoms with Crippen LogP contribution in [-0.4, -0.2) is 55.0 Å². The molecule has 1 N–H and O–H groups in total. The molecular weight excluding hydrogens is 479 g/mol. The number of benzene rings is 2. The Labute approximate surface area is 220 Å². The van der Waals surface area contributed by atoms with E-state index in [1.807, 2.05) is 17.7 Å². The SMILES string of the molecule is CCn1cc(-n2c(C3CC3)c(Sc3cccc(C(=O)O)c3F)c3ccc(Cl)c(F)c32)cn1.[Na]. The fraction of sp³-hybridized carbons (Fsp3) is 0.217. The number of carbonyl (C=O) groups is 1. The number of aryl methyl sites for hydroxylation is 1. The summed E-state index contributed by atoms with van der Waals surface area (Å²) in [5.41, 5.74) is 1.48. The number of nitrogens with zero attached hydrogens (tertiary/aromatic N) is 3. The summed E-state index contributed by atoms with van der Waals surface area (Å²) in [6, 6.07) is 7.49. The zero-order valence-corrected chi connectivity index (χ0v) is 21.6. The minimum Gasteiger partial charge on any atom is -0.478 e. The van der Waals surface area contributed by atoms with E-state index in [0.29, 0.717) is 28.0 Å². The first-order valence-electron chi connectivity index (χ1n) is 10.2. The second-order valence-corrected chi connectivity index (χ2v) is 9.12. The van der Waals surface area contributed by atoms with Crippen LogP contribution in [0.15, 0.2) is 52.5 Å². The van der Waals surface area contributed by atoms with Gasteiger partial charge in [-0.05, 0) is 44.0 Å². The van der Waals surface area contributed by atoms with Crippen LogP contribution in [0.5, 0.6) is 0 Å². The molecule has 1 aliphatic rings. The van der Waals surface area contributed by atoms with Gasteiger partial charge in [-0.2, -0.15) is 5.10 Å². The van der Waals surface area contributed by atoms with E-state index in [1.54, 1.807) is 16.9 Å². The van der Waals surface area contributed by atoms with Crippen LogP contribution < -0.4 is 0 Å². The van der Waals surface area contributed by atoms with E-state index >= 15 is 4.39 Å². The van der Waals surface area contributed by atoms with E-state index in [-0.39, 0.29) is 45.4 Å². The Morgan fingerprint density at radius 3 is 2.64 bits per heavy atom. The molecule has 2 aromatic heterocycles. The molecular formula is C23H18ClF2N3NaO2S. The first-order chi connectivity index (χ1) is 15.4. The Balaban J connectivity index is 0.00000259. The van der Waals surface area contributed by atoms with Gasteiger partial charge in [0.1, 0.15) is 0 Å². The molecule has 0 amide bonds. The zero-order chi connectivity index (χ0) is 22.6. The molecule has 5 nitrogen and oxygen atoms in total. The number of halogens is 3. The van der Waals surface area contributed by atoms with Gasteiger partial charge in [0.2, 0.25) is 0 Å². The summed E-state index contributed by atoms with van der Waals surface area (Å²) in [5.74, 6) is -2.51. The molecule has 0 bridgehead atoms. The summed E-state index contributed by atoms with van der Waals surface area (Å²) in [5, 5.41) is 14.2. The fourth-order valence-corrected chi connectivity index (χ4v) is 5.26. The molecule has 165 valence electrons. The van der Waals surface area contributed by atoms with Crippen molar-refractivity contribution in [3.05, 3.63) is 70.6 Å². The second kappa shape index (κ2) is 9.43. The molecule has 0 aliphatic heterocycles. The van der Waals surface area contributed by atoms with Crippen LogP contribution >= 0.6 is 23.4 Å².